The minimum absolute atomic E-state index is 0.182. The van der Waals surface area contributed by atoms with E-state index in [-0.39, 0.29) is 12.0 Å². The highest BCUT2D eigenvalue weighted by atomic mass is 16.5. The third kappa shape index (κ3) is 2.48. The predicted octanol–water partition coefficient (Wildman–Crippen LogP) is -0.158. The molecule has 6 nitrogen and oxygen atoms in total. The molecule has 2 amide bonds. The molecular formula is C10H12N2O4. The molecule has 16 heavy (non-hydrogen) atoms. The highest BCUT2D eigenvalue weighted by Crippen LogP contribution is 2.22. The van der Waals surface area contributed by atoms with E-state index in [1.54, 1.807) is 12.1 Å². The van der Waals surface area contributed by atoms with Crippen LogP contribution in [-0.2, 0) is 11.2 Å². The van der Waals surface area contributed by atoms with Crippen LogP contribution < -0.4 is 16.0 Å². The first-order valence-corrected chi connectivity index (χ1v) is 4.48. The van der Waals surface area contributed by atoms with Crippen LogP contribution in [0.5, 0.6) is 5.75 Å². The van der Waals surface area contributed by atoms with Crippen molar-refractivity contribution >= 4 is 11.8 Å². The van der Waals surface area contributed by atoms with Gasteiger partial charge in [-0.1, -0.05) is 6.07 Å². The van der Waals surface area contributed by atoms with E-state index in [1.165, 1.54) is 18.7 Å². The fourth-order valence-electron chi connectivity index (χ4n) is 1.37. The second kappa shape index (κ2) is 5.13. The molecule has 1 aromatic carbocycles. The Hall–Kier alpha value is -2.08. The summed E-state index contributed by atoms with van der Waals surface area (Å²) in [6, 6.07) is 4.69. The van der Waals surface area contributed by atoms with Crippen LogP contribution in [0.1, 0.15) is 15.9 Å². The molecule has 0 radical (unpaired) electrons. The molecule has 0 atom stereocenters. The summed E-state index contributed by atoms with van der Waals surface area (Å²) in [7, 11) is 1.42. The lowest BCUT2D eigenvalue weighted by molar-refractivity contribution is -0.128. The monoisotopic (exact) mass is 224 g/mol. The van der Waals surface area contributed by atoms with E-state index in [9.17, 15) is 9.59 Å². The molecule has 4 N–H and O–H groups in total. The predicted molar refractivity (Wildman–Crippen MR) is 55.1 cm³/mol. The summed E-state index contributed by atoms with van der Waals surface area (Å²) in [5, 5.41) is 8.43. The van der Waals surface area contributed by atoms with Crippen LogP contribution >= 0.6 is 0 Å². The summed E-state index contributed by atoms with van der Waals surface area (Å²) in [6.45, 7) is 0. The molecular weight excluding hydrogens is 212 g/mol. The minimum atomic E-state index is -0.653. The molecule has 0 fully saturated rings. The normalized spacial score (nSPS) is 9.62. The number of carbonyl (C=O) groups is 2. The van der Waals surface area contributed by atoms with Gasteiger partial charge in [-0.3, -0.25) is 14.8 Å². The summed E-state index contributed by atoms with van der Waals surface area (Å²) in [6.07, 6.45) is -0.182. The molecule has 0 saturated heterocycles. The van der Waals surface area contributed by atoms with Crippen molar-refractivity contribution in [3.8, 4) is 5.75 Å². The van der Waals surface area contributed by atoms with Crippen LogP contribution in [0.4, 0.5) is 0 Å². The molecule has 0 heterocycles. The Kier molecular flexibility index (Phi) is 3.84. The van der Waals surface area contributed by atoms with Crippen molar-refractivity contribution in [3.63, 3.8) is 0 Å². The maximum atomic E-state index is 11.1. The van der Waals surface area contributed by atoms with Gasteiger partial charge in [-0.15, -0.1) is 0 Å². The average molecular weight is 224 g/mol. The fraction of sp³-hybridized carbons (Fsp3) is 0.200. The van der Waals surface area contributed by atoms with Crippen LogP contribution in [0.25, 0.3) is 0 Å². The molecule has 0 spiro atoms. The van der Waals surface area contributed by atoms with Gasteiger partial charge in [0.05, 0.1) is 13.5 Å². The number of nitrogens with two attached hydrogens (primary N) is 1. The number of primary amides is 1. The molecule has 86 valence electrons. The number of hydrogen-bond acceptors (Lipinski definition) is 4. The molecule has 0 aliphatic heterocycles. The maximum absolute atomic E-state index is 11.1. The van der Waals surface area contributed by atoms with Crippen LogP contribution in [0.2, 0.25) is 0 Å². The number of ether oxygens (including phenoxy) is 1. The first kappa shape index (κ1) is 12.0. The van der Waals surface area contributed by atoms with E-state index in [0.717, 1.165) is 0 Å². The molecule has 0 unspecified atom stereocenters. The summed E-state index contributed by atoms with van der Waals surface area (Å²) in [4.78, 5) is 22.2. The van der Waals surface area contributed by atoms with E-state index >= 15 is 0 Å². The van der Waals surface area contributed by atoms with Gasteiger partial charge in [-0.2, -0.15) is 0 Å². The first-order chi connectivity index (χ1) is 7.60. The molecule has 0 saturated carbocycles. The van der Waals surface area contributed by atoms with E-state index in [2.05, 4.69) is 0 Å². The topological polar surface area (TPSA) is 102 Å². The lowest BCUT2D eigenvalue weighted by atomic mass is 10.0. The number of rotatable bonds is 4. The van der Waals surface area contributed by atoms with Crippen molar-refractivity contribution in [1.82, 2.24) is 5.48 Å². The quantitative estimate of drug-likeness (QED) is 0.488. The summed E-state index contributed by atoms with van der Waals surface area (Å²) in [5.74, 6) is -0.925. The number of amides is 2. The smallest absolute Gasteiger partial charge is 0.249 e. The molecule has 0 aliphatic carbocycles. The third-order valence-electron chi connectivity index (χ3n) is 2.08. The van der Waals surface area contributed by atoms with Crippen LogP contribution in [0, 0.1) is 0 Å². The third-order valence-corrected chi connectivity index (χ3v) is 2.08. The van der Waals surface area contributed by atoms with Crippen LogP contribution in [0.15, 0.2) is 18.2 Å². The van der Waals surface area contributed by atoms with Gasteiger partial charge in [0.2, 0.25) is 11.8 Å². The average Bonchev–Trinajstić information content (AvgIpc) is 2.28. The number of nitrogens with one attached hydrogen (secondary N) is 1. The summed E-state index contributed by atoms with van der Waals surface area (Å²) in [5.41, 5.74) is 7.20. The number of carbonyl (C=O) groups excluding carboxylic acids is 2. The van der Waals surface area contributed by atoms with Gasteiger partial charge >= 0.3 is 0 Å². The van der Waals surface area contributed by atoms with Gasteiger partial charge in [-0.25, -0.2) is 5.48 Å². The van der Waals surface area contributed by atoms with Gasteiger partial charge in [-0.05, 0) is 12.1 Å². The molecule has 0 aromatic heterocycles. The van der Waals surface area contributed by atoms with Gasteiger partial charge in [0.15, 0.2) is 0 Å². The number of hydrogen-bond donors (Lipinski definition) is 3. The molecule has 6 heteroatoms. The molecule has 1 aromatic rings. The van der Waals surface area contributed by atoms with Crippen molar-refractivity contribution < 1.29 is 19.5 Å². The van der Waals surface area contributed by atoms with Crippen molar-refractivity contribution in [2.45, 2.75) is 6.42 Å². The number of hydroxylamine groups is 1. The Balaban J connectivity index is 3.19. The van der Waals surface area contributed by atoms with E-state index in [4.69, 9.17) is 15.7 Å². The Morgan fingerprint density at radius 3 is 2.69 bits per heavy atom. The molecule has 1 rings (SSSR count). The van der Waals surface area contributed by atoms with Crippen molar-refractivity contribution in [2.24, 2.45) is 5.73 Å². The Morgan fingerprint density at radius 2 is 2.19 bits per heavy atom. The first-order valence-electron chi connectivity index (χ1n) is 4.48. The summed E-state index contributed by atoms with van der Waals surface area (Å²) >= 11 is 0. The van der Waals surface area contributed by atoms with E-state index < -0.39 is 11.8 Å². The Bertz CT molecular complexity index is 417. The van der Waals surface area contributed by atoms with E-state index in [0.29, 0.717) is 11.3 Å². The highest BCUT2D eigenvalue weighted by molar-refractivity contribution is 5.96. The zero-order valence-electron chi connectivity index (χ0n) is 8.69. The van der Waals surface area contributed by atoms with Gasteiger partial charge in [0.25, 0.3) is 0 Å². The van der Waals surface area contributed by atoms with Crippen LogP contribution in [-0.4, -0.2) is 24.1 Å². The van der Waals surface area contributed by atoms with Gasteiger partial charge in [0, 0.05) is 11.1 Å². The van der Waals surface area contributed by atoms with Gasteiger partial charge in [0.1, 0.15) is 5.75 Å². The lowest BCUT2D eigenvalue weighted by Crippen LogP contribution is -2.23. The second-order valence-electron chi connectivity index (χ2n) is 3.06. The second-order valence-corrected chi connectivity index (χ2v) is 3.06. The fourth-order valence-corrected chi connectivity index (χ4v) is 1.37. The van der Waals surface area contributed by atoms with Crippen molar-refractivity contribution in [3.05, 3.63) is 29.3 Å². The minimum Gasteiger partial charge on any atom is -0.496 e. The van der Waals surface area contributed by atoms with Crippen molar-refractivity contribution in [1.29, 1.82) is 0 Å². The largest absolute Gasteiger partial charge is 0.496 e. The lowest BCUT2D eigenvalue weighted by Gasteiger charge is -2.10. The zero-order chi connectivity index (χ0) is 12.1. The molecule has 0 aliphatic rings. The highest BCUT2D eigenvalue weighted by Gasteiger charge is 2.15. The summed E-state index contributed by atoms with van der Waals surface area (Å²) < 4.78 is 5.01. The molecule has 0 bridgehead atoms. The maximum Gasteiger partial charge on any atom is 0.249 e. The number of benzene rings is 1. The van der Waals surface area contributed by atoms with Gasteiger partial charge < -0.3 is 10.5 Å². The Labute approximate surface area is 92.0 Å². The van der Waals surface area contributed by atoms with Crippen molar-refractivity contribution in [2.75, 3.05) is 7.11 Å². The Morgan fingerprint density at radius 1 is 1.50 bits per heavy atom. The number of methoxy groups -OCH3 is 1. The van der Waals surface area contributed by atoms with Crippen LogP contribution in [0.3, 0.4) is 0 Å². The zero-order valence-corrected chi connectivity index (χ0v) is 8.69. The standard InChI is InChI=1S/C10H12N2O4/c1-16-8-4-2-3-6(10(11)14)7(8)5-9(13)12-15/h2-4,15H,5H2,1H3,(H2,11,14)(H,12,13). The van der Waals surface area contributed by atoms with E-state index in [1.807, 2.05) is 0 Å². The SMILES string of the molecule is COc1cccc(C(N)=O)c1CC(=O)NO.